The number of ether oxygens (including phenoxy) is 1. The van der Waals surface area contributed by atoms with E-state index in [0.29, 0.717) is 6.54 Å². The molecule has 0 aliphatic heterocycles. The van der Waals surface area contributed by atoms with Crippen LogP contribution in [-0.2, 0) is 4.74 Å². The Balaban J connectivity index is 1.81. The van der Waals surface area contributed by atoms with E-state index in [1.807, 2.05) is 52.0 Å². The van der Waals surface area contributed by atoms with Crippen molar-refractivity contribution < 1.29 is 13.9 Å². The average Bonchev–Trinajstić information content (AvgIpc) is 2.98. The molecular weight excluding hydrogens is 294 g/mol. The first kappa shape index (κ1) is 16.9. The molecule has 1 amide bonds. The van der Waals surface area contributed by atoms with E-state index < -0.39 is 11.7 Å². The number of carbonyl (C=O) groups excluding carboxylic acids is 1. The number of alkyl carbamates (subject to hydrolysis) is 1. The van der Waals surface area contributed by atoms with Gasteiger partial charge in [0.05, 0.1) is 6.20 Å². The van der Waals surface area contributed by atoms with Crippen LogP contribution in [0.1, 0.15) is 27.7 Å². The quantitative estimate of drug-likeness (QED) is 0.880. The number of oxazole rings is 1. The van der Waals surface area contributed by atoms with Crippen LogP contribution in [0.15, 0.2) is 41.3 Å². The third kappa shape index (κ3) is 5.65. The molecule has 2 N–H and O–H groups in total. The molecule has 0 aliphatic rings. The molecule has 0 saturated carbocycles. The maximum atomic E-state index is 11.6. The van der Waals surface area contributed by atoms with Crippen molar-refractivity contribution in [2.75, 3.05) is 11.9 Å². The summed E-state index contributed by atoms with van der Waals surface area (Å²) in [5.74, 6) is 0.733. The standard InChI is InChI=1S/C17H23N3O3/c1-12(9-19-16(21)23-17(2,3)4)20-14-7-5-13(6-8-14)15-10-18-11-22-15/h5-8,10-12,20H,9H2,1-4H3,(H,19,21). The van der Waals surface area contributed by atoms with E-state index in [1.165, 1.54) is 6.39 Å². The van der Waals surface area contributed by atoms with Crippen molar-refractivity contribution in [2.24, 2.45) is 0 Å². The molecule has 23 heavy (non-hydrogen) atoms. The summed E-state index contributed by atoms with van der Waals surface area (Å²) in [6.45, 7) is 7.97. The number of hydrogen-bond donors (Lipinski definition) is 2. The van der Waals surface area contributed by atoms with Gasteiger partial charge in [-0.15, -0.1) is 0 Å². The molecule has 1 aromatic heterocycles. The molecule has 1 unspecified atom stereocenters. The fraction of sp³-hybridized carbons (Fsp3) is 0.412. The number of hydrogen-bond acceptors (Lipinski definition) is 5. The predicted octanol–water partition coefficient (Wildman–Crippen LogP) is 3.67. The molecular formula is C17H23N3O3. The molecule has 2 aromatic rings. The van der Waals surface area contributed by atoms with Crippen molar-refractivity contribution in [1.82, 2.24) is 10.3 Å². The first-order valence-electron chi connectivity index (χ1n) is 7.56. The van der Waals surface area contributed by atoms with Crippen molar-refractivity contribution in [3.05, 3.63) is 36.9 Å². The third-order valence-corrected chi connectivity index (χ3v) is 2.97. The highest BCUT2D eigenvalue weighted by atomic mass is 16.6. The van der Waals surface area contributed by atoms with Crippen LogP contribution in [0.4, 0.5) is 10.5 Å². The maximum absolute atomic E-state index is 11.6. The zero-order chi connectivity index (χ0) is 16.9. The van der Waals surface area contributed by atoms with Crippen molar-refractivity contribution >= 4 is 11.8 Å². The first-order valence-corrected chi connectivity index (χ1v) is 7.56. The van der Waals surface area contributed by atoms with Crippen molar-refractivity contribution in [3.63, 3.8) is 0 Å². The van der Waals surface area contributed by atoms with Crippen molar-refractivity contribution in [3.8, 4) is 11.3 Å². The van der Waals surface area contributed by atoms with Crippen LogP contribution in [-0.4, -0.2) is 29.3 Å². The highest BCUT2D eigenvalue weighted by Crippen LogP contribution is 2.20. The van der Waals surface area contributed by atoms with E-state index in [2.05, 4.69) is 15.6 Å². The van der Waals surface area contributed by atoms with E-state index in [-0.39, 0.29) is 6.04 Å². The number of benzene rings is 1. The van der Waals surface area contributed by atoms with Gasteiger partial charge in [0.15, 0.2) is 12.2 Å². The lowest BCUT2D eigenvalue weighted by atomic mass is 10.1. The van der Waals surface area contributed by atoms with E-state index in [4.69, 9.17) is 9.15 Å². The number of carbonyl (C=O) groups is 1. The zero-order valence-corrected chi connectivity index (χ0v) is 13.9. The molecule has 2 rings (SSSR count). The summed E-state index contributed by atoms with van der Waals surface area (Å²) >= 11 is 0. The molecule has 0 radical (unpaired) electrons. The Morgan fingerprint density at radius 1 is 1.30 bits per heavy atom. The van der Waals surface area contributed by atoms with Gasteiger partial charge in [-0.05, 0) is 52.0 Å². The Labute approximate surface area is 136 Å². The lowest BCUT2D eigenvalue weighted by Crippen LogP contribution is -2.38. The second-order valence-corrected chi connectivity index (χ2v) is 6.37. The van der Waals surface area contributed by atoms with Crippen molar-refractivity contribution in [2.45, 2.75) is 39.3 Å². The number of nitrogens with zero attached hydrogens (tertiary/aromatic N) is 1. The summed E-state index contributed by atoms with van der Waals surface area (Å²) in [6.07, 6.45) is 2.67. The molecule has 1 atom stereocenters. The minimum absolute atomic E-state index is 0.0682. The van der Waals surface area contributed by atoms with Crippen LogP contribution in [0, 0.1) is 0 Å². The monoisotopic (exact) mass is 317 g/mol. The fourth-order valence-electron chi connectivity index (χ4n) is 1.98. The lowest BCUT2D eigenvalue weighted by Gasteiger charge is -2.21. The smallest absolute Gasteiger partial charge is 0.407 e. The van der Waals surface area contributed by atoms with Crippen LogP contribution in [0.5, 0.6) is 0 Å². The number of amides is 1. The molecule has 0 fully saturated rings. The van der Waals surface area contributed by atoms with Gasteiger partial charge in [0, 0.05) is 23.8 Å². The third-order valence-electron chi connectivity index (χ3n) is 2.97. The first-order chi connectivity index (χ1) is 10.8. The van der Waals surface area contributed by atoms with Crippen LogP contribution in [0.3, 0.4) is 0 Å². The molecule has 0 spiro atoms. The fourth-order valence-corrected chi connectivity index (χ4v) is 1.98. The molecule has 124 valence electrons. The molecule has 0 saturated heterocycles. The van der Waals surface area contributed by atoms with Gasteiger partial charge in [-0.3, -0.25) is 0 Å². The van der Waals surface area contributed by atoms with E-state index in [1.54, 1.807) is 6.20 Å². The van der Waals surface area contributed by atoms with Crippen LogP contribution in [0.2, 0.25) is 0 Å². The summed E-state index contributed by atoms with van der Waals surface area (Å²) in [4.78, 5) is 15.5. The summed E-state index contributed by atoms with van der Waals surface area (Å²) in [7, 11) is 0. The van der Waals surface area contributed by atoms with Gasteiger partial charge in [-0.25, -0.2) is 9.78 Å². The predicted molar refractivity (Wildman–Crippen MR) is 89.3 cm³/mol. The SMILES string of the molecule is CC(CNC(=O)OC(C)(C)C)Nc1ccc(-c2cnco2)cc1. The molecule has 0 aliphatic carbocycles. The Hall–Kier alpha value is -2.50. The molecule has 1 heterocycles. The van der Waals surface area contributed by atoms with E-state index in [9.17, 15) is 4.79 Å². The summed E-state index contributed by atoms with van der Waals surface area (Å²) in [5, 5.41) is 6.06. The van der Waals surface area contributed by atoms with Gasteiger partial charge in [0.25, 0.3) is 0 Å². The molecule has 0 bridgehead atoms. The average molecular weight is 317 g/mol. The number of anilines is 1. The van der Waals surface area contributed by atoms with Crippen LogP contribution >= 0.6 is 0 Å². The lowest BCUT2D eigenvalue weighted by molar-refractivity contribution is 0.0526. The van der Waals surface area contributed by atoms with Crippen molar-refractivity contribution in [1.29, 1.82) is 0 Å². The van der Waals surface area contributed by atoms with Gasteiger partial charge in [-0.1, -0.05) is 0 Å². The number of rotatable bonds is 5. The Kier molecular flexibility index (Phi) is 5.26. The van der Waals surface area contributed by atoms with Gasteiger partial charge in [0.2, 0.25) is 0 Å². The van der Waals surface area contributed by atoms with Gasteiger partial charge in [0.1, 0.15) is 5.60 Å². The second kappa shape index (κ2) is 7.17. The number of nitrogens with one attached hydrogen (secondary N) is 2. The highest BCUT2D eigenvalue weighted by Gasteiger charge is 2.16. The van der Waals surface area contributed by atoms with E-state index in [0.717, 1.165) is 17.0 Å². The minimum atomic E-state index is -0.489. The Morgan fingerprint density at radius 2 is 2.00 bits per heavy atom. The topological polar surface area (TPSA) is 76.4 Å². The second-order valence-electron chi connectivity index (χ2n) is 6.37. The minimum Gasteiger partial charge on any atom is -0.444 e. The summed E-state index contributed by atoms with van der Waals surface area (Å²) in [5.41, 5.74) is 1.44. The van der Waals surface area contributed by atoms with Gasteiger partial charge in [-0.2, -0.15) is 0 Å². The normalized spacial score (nSPS) is 12.5. The van der Waals surface area contributed by atoms with Gasteiger partial charge < -0.3 is 19.8 Å². The molecule has 6 nitrogen and oxygen atoms in total. The van der Waals surface area contributed by atoms with Gasteiger partial charge >= 0.3 is 6.09 Å². The molecule has 6 heteroatoms. The van der Waals surface area contributed by atoms with Crippen LogP contribution in [0.25, 0.3) is 11.3 Å². The Bertz CT molecular complexity index is 616. The van der Waals surface area contributed by atoms with E-state index >= 15 is 0 Å². The van der Waals surface area contributed by atoms with Crippen LogP contribution < -0.4 is 10.6 Å². The molecule has 1 aromatic carbocycles. The Morgan fingerprint density at radius 3 is 2.57 bits per heavy atom. The maximum Gasteiger partial charge on any atom is 0.407 e. The number of aromatic nitrogens is 1. The largest absolute Gasteiger partial charge is 0.444 e. The summed E-state index contributed by atoms with van der Waals surface area (Å²) in [6, 6.07) is 7.90. The zero-order valence-electron chi connectivity index (χ0n) is 13.9. The highest BCUT2D eigenvalue weighted by molar-refractivity contribution is 5.67. The summed E-state index contributed by atoms with van der Waals surface area (Å²) < 4.78 is 10.5.